The van der Waals surface area contributed by atoms with Gasteiger partial charge < -0.3 is 10.0 Å². The van der Waals surface area contributed by atoms with Crippen LogP contribution >= 0.6 is 0 Å². The number of aliphatic carboxylic acids is 1. The number of rotatable bonds is 5. The zero-order valence-electron chi connectivity index (χ0n) is 14.5. The van der Waals surface area contributed by atoms with Crippen molar-refractivity contribution >= 4 is 11.9 Å². The summed E-state index contributed by atoms with van der Waals surface area (Å²) in [5.41, 5.74) is 2.66. The summed E-state index contributed by atoms with van der Waals surface area (Å²) in [7, 11) is 0. The molecular formula is C19H20FN3O3. The monoisotopic (exact) mass is 357 g/mol. The Bertz CT molecular complexity index is 888. The van der Waals surface area contributed by atoms with E-state index in [0.717, 1.165) is 43.4 Å². The largest absolute Gasteiger partial charge is 0.480 e. The fraction of sp³-hybridized carbons (Fsp3) is 0.421. The van der Waals surface area contributed by atoms with Gasteiger partial charge in [-0.25, -0.2) is 13.9 Å². The number of fused-ring (bicyclic) bond motifs is 1. The highest BCUT2D eigenvalue weighted by atomic mass is 19.1. The summed E-state index contributed by atoms with van der Waals surface area (Å²) in [6, 6.07) is 5.18. The molecule has 2 aromatic rings. The van der Waals surface area contributed by atoms with Crippen LogP contribution in [0.25, 0.3) is 5.69 Å². The SMILES string of the molecule is CC(C(=O)O)N(C(=O)c1nn(-c2cccc(F)c2)c2c1CCC2)C1CC1. The quantitative estimate of drug-likeness (QED) is 0.892. The molecule has 0 saturated heterocycles. The summed E-state index contributed by atoms with van der Waals surface area (Å²) in [5, 5.41) is 13.9. The van der Waals surface area contributed by atoms with Crippen LogP contribution in [-0.2, 0) is 17.6 Å². The molecule has 0 radical (unpaired) electrons. The van der Waals surface area contributed by atoms with Gasteiger partial charge in [0.15, 0.2) is 5.69 Å². The highest BCUT2D eigenvalue weighted by molar-refractivity contribution is 5.97. The number of carboxylic acids is 1. The Balaban J connectivity index is 1.76. The molecule has 1 aromatic carbocycles. The van der Waals surface area contributed by atoms with E-state index in [1.807, 2.05) is 0 Å². The lowest BCUT2D eigenvalue weighted by molar-refractivity contribution is -0.141. The molecule has 1 atom stereocenters. The summed E-state index contributed by atoms with van der Waals surface area (Å²) in [5.74, 6) is -1.72. The number of carbonyl (C=O) groups is 2. The normalized spacial score (nSPS) is 17.0. The Hall–Kier alpha value is -2.70. The van der Waals surface area contributed by atoms with Crippen molar-refractivity contribution in [1.82, 2.24) is 14.7 Å². The van der Waals surface area contributed by atoms with Gasteiger partial charge in [0.25, 0.3) is 5.91 Å². The molecule has 1 amide bonds. The number of halogens is 1. The van der Waals surface area contributed by atoms with Gasteiger partial charge in [0.2, 0.25) is 0 Å². The third-order valence-corrected chi connectivity index (χ3v) is 5.13. The van der Waals surface area contributed by atoms with E-state index in [9.17, 15) is 19.1 Å². The standard InChI is InChI=1S/C19H20FN3O3/c1-11(19(25)26)22(13-8-9-13)18(24)17-15-6-3-7-16(15)23(21-17)14-5-2-4-12(20)10-14/h2,4-5,10-11,13H,3,6-9H2,1H3,(H,25,26). The number of benzene rings is 1. The third-order valence-electron chi connectivity index (χ3n) is 5.13. The number of carbonyl (C=O) groups excluding carboxylic acids is 1. The molecule has 1 N–H and O–H groups in total. The summed E-state index contributed by atoms with van der Waals surface area (Å²) in [6.45, 7) is 1.53. The molecule has 136 valence electrons. The minimum Gasteiger partial charge on any atom is -0.480 e. The van der Waals surface area contributed by atoms with Gasteiger partial charge in [-0.1, -0.05) is 6.07 Å². The Morgan fingerprint density at radius 3 is 2.77 bits per heavy atom. The zero-order valence-corrected chi connectivity index (χ0v) is 14.5. The predicted octanol–water partition coefficient (Wildman–Crippen LogP) is 2.58. The first-order chi connectivity index (χ1) is 12.5. The van der Waals surface area contributed by atoms with Gasteiger partial charge >= 0.3 is 5.97 Å². The Morgan fingerprint density at radius 2 is 2.12 bits per heavy atom. The van der Waals surface area contributed by atoms with Crippen LogP contribution in [0, 0.1) is 5.82 Å². The van der Waals surface area contributed by atoms with Gasteiger partial charge in [-0.3, -0.25) is 4.79 Å². The van der Waals surface area contributed by atoms with Crippen molar-refractivity contribution < 1.29 is 19.1 Å². The van der Waals surface area contributed by atoms with E-state index in [1.54, 1.807) is 16.8 Å². The first-order valence-corrected chi connectivity index (χ1v) is 8.89. The predicted molar refractivity (Wildman–Crippen MR) is 91.8 cm³/mol. The second-order valence-corrected chi connectivity index (χ2v) is 6.98. The van der Waals surface area contributed by atoms with Crippen LogP contribution in [0.2, 0.25) is 0 Å². The average molecular weight is 357 g/mol. The summed E-state index contributed by atoms with van der Waals surface area (Å²) >= 11 is 0. The molecule has 0 bridgehead atoms. The zero-order chi connectivity index (χ0) is 18.4. The Labute approximate surface area is 150 Å². The maximum Gasteiger partial charge on any atom is 0.326 e. The fourth-order valence-electron chi connectivity index (χ4n) is 3.68. The lowest BCUT2D eigenvalue weighted by atomic mass is 10.1. The van der Waals surface area contributed by atoms with Gasteiger partial charge in [0, 0.05) is 17.3 Å². The van der Waals surface area contributed by atoms with E-state index in [4.69, 9.17) is 0 Å². The van der Waals surface area contributed by atoms with Gasteiger partial charge in [-0.05, 0) is 57.2 Å². The lowest BCUT2D eigenvalue weighted by Crippen LogP contribution is -2.45. The van der Waals surface area contributed by atoms with E-state index >= 15 is 0 Å². The average Bonchev–Trinajstić information content (AvgIpc) is 3.19. The van der Waals surface area contributed by atoms with E-state index in [0.29, 0.717) is 11.4 Å². The molecule has 1 unspecified atom stereocenters. The lowest BCUT2D eigenvalue weighted by Gasteiger charge is -2.26. The van der Waals surface area contributed by atoms with Crippen molar-refractivity contribution in [1.29, 1.82) is 0 Å². The number of amides is 1. The molecule has 1 saturated carbocycles. The van der Waals surface area contributed by atoms with E-state index in [-0.39, 0.29) is 17.8 Å². The number of hydrogen-bond donors (Lipinski definition) is 1. The molecular weight excluding hydrogens is 337 g/mol. The molecule has 0 aliphatic heterocycles. The van der Waals surface area contributed by atoms with Crippen molar-refractivity contribution in [2.45, 2.75) is 51.1 Å². The number of carboxylic acid groups (broad SMARTS) is 1. The molecule has 7 heteroatoms. The van der Waals surface area contributed by atoms with Crippen LogP contribution in [0.3, 0.4) is 0 Å². The maximum absolute atomic E-state index is 13.6. The van der Waals surface area contributed by atoms with Gasteiger partial charge in [-0.2, -0.15) is 5.10 Å². The molecule has 2 aliphatic rings. The van der Waals surface area contributed by atoms with Crippen molar-refractivity contribution in [3.8, 4) is 5.69 Å². The number of hydrogen-bond acceptors (Lipinski definition) is 3. The molecule has 1 aromatic heterocycles. The Kier molecular flexibility index (Phi) is 4.01. The highest BCUT2D eigenvalue weighted by Crippen LogP contribution is 2.33. The summed E-state index contributed by atoms with van der Waals surface area (Å²) < 4.78 is 15.3. The van der Waals surface area contributed by atoms with Crippen LogP contribution in [0.4, 0.5) is 4.39 Å². The number of aromatic nitrogens is 2. The second-order valence-electron chi connectivity index (χ2n) is 6.98. The van der Waals surface area contributed by atoms with Crippen molar-refractivity contribution in [2.75, 3.05) is 0 Å². The van der Waals surface area contributed by atoms with E-state index < -0.39 is 12.0 Å². The number of nitrogens with zero attached hydrogens (tertiary/aromatic N) is 3. The van der Waals surface area contributed by atoms with Crippen LogP contribution in [0.5, 0.6) is 0 Å². The topological polar surface area (TPSA) is 75.4 Å². The minimum atomic E-state index is -1.02. The van der Waals surface area contributed by atoms with E-state index in [2.05, 4.69) is 5.10 Å². The van der Waals surface area contributed by atoms with Crippen LogP contribution in [0.1, 0.15) is 47.9 Å². The molecule has 6 nitrogen and oxygen atoms in total. The van der Waals surface area contributed by atoms with Crippen molar-refractivity contribution in [3.63, 3.8) is 0 Å². The van der Waals surface area contributed by atoms with Crippen LogP contribution in [-0.4, -0.2) is 43.7 Å². The third kappa shape index (κ3) is 2.77. The summed E-state index contributed by atoms with van der Waals surface area (Å²) in [6.07, 6.45) is 4.03. The minimum absolute atomic E-state index is 0.0371. The highest BCUT2D eigenvalue weighted by Gasteiger charge is 2.41. The van der Waals surface area contributed by atoms with Gasteiger partial charge in [0.1, 0.15) is 11.9 Å². The van der Waals surface area contributed by atoms with Crippen LogP contribution < -0.4 is 0 Å². The fourth-order valence-corrected chi connectivity index (χ4v) is 3.68. The van der Waals surface area contributed by atoms with Crippen molar-refractivity contribution in [3.05, 3.63) is 47.0 Å². The Morgan fingerprint density at radius 1 is 1.35 bits per heavy atom. The van der Waals surface area contributed by atoms with Crippen LogP contribution in [0.15, 0.2) is 24.3 Å². The summed E-state index contributed by atoms with van der Waals surface area (Å²) in [4.78, 5) is 26.0. The van der Waals surface area contributed by atoms with E-state index in [1.165, 1.54) is 24.0 Å². The first-order valence-electron chi connectivity index (χ1n) is 8.89. The first kappa shape index (κ1) is 16.8. The molecule has 4 rings (SSSR count). The maximum atomic E-state index is 13.6. The molecule has 1 fully saturated rings. The van der Waals surface area contributed by atoms with Gasteiger partial charge in [-0.15, -0.1) is 0 Å². The molecule has 26 heavy (non-hydrogen) atoms. The molecule has 0 spiro atoms. The van der Waals surface area contributed by atoms with Gasteiger partial charge in [0.05, 0.1) is 5.69 Å². The second kappa shape index (κ2) is 6.23. The smallest absolute Gasteiger partial charge is 0.326 e. The van der Waals surface area contributed by atoms with Crippen molar-refractivity contribution in [2.24, 2.45) is 0 Å². The molecule has 2 aliphatic carbocycles. The molecule has 1 heterocycles.